The highest BCUT2D eigenvalue weighted by Crippen LogP contribution is 2.33. The van der Waals surface area contributed by atoms with Crippen LogP contribution in [0.1, 0.15) is 49.8 Å². The molecule has 1 aliphatic rings. The fourth-order valence-electron chi connectivity index (χ4n) is 3.20. The minimum Gasteiger partial charge on any atom is -0.381 e. The molecule has 4 nitrogen and oxygen atoms in total. The second kappa shape index (κ2) is 8.90. The van der Waals surface area contributed by atoms with E-state index in [1.54, 1.807) is 0 Å². The van der Waals surface area contributed by atoms with Crippen LogP contribution in [0.5, 0.6) is 0 Å². The van der Waals surface area contributed by atoms with Gasteiger partial charge in [-0.2, -0.15) is 5.26 Å². The number of hydrogen-bond donors (Lipinski definition) is 1. The van der Waals surface area contributed by atoms with E-state index in [0.717, 1.165) is 63.2 Å². The summed E-state index contributed by atoms with van der Waals surface area (Å²) in [5.41, 5.74) is 10.3. The van der Waals surface area contributed by atoms with Gasteiger partial charge in [0.05, 0.1) is 11.3 Å². The van der Waals surface area contributed by atoms with Gasteiger partial charge in [0.15, 0.2) is 0 Å². The van der Waals surface area contributed by atoms with Crippen molar-refractivity contribution in [2.45, 2.75) is 52.0 Å². The van der Waals surface area contributed by atoms with Crippen molar-refractivity contribution in [3.05, 3.63) is 28.8 Å². The molecule has 0 fully saturated rings. The molecule has 0 amide bonds. The Balaban J connectivity index is 1.97. The molecular weight excluding hydrogens is 286 g/mol. The fraction of sp³-hybridized carbons (Fsp3) is 0.632. The zero-order chi connectivity index (χ0) is 16.7. The highest BCUT2D eigenvalue weighted by Gasteiger charge is 2.23. The summed E-state index contributed by atoms with van der Waals surface area (Å²) >= 11 is 0. The third kappa shape index (κ3) is 4.95. The van der Waals surface area contributed by atoms with Crippen LogP contribution in [0.2, 0.25) is 0 Å². The van der Waals surface area contributed by atoms with Crippen molar-refractivity contribution >= 4 is 5.69 Å². The first-order valence-electron chi connectivity index (χ1n) is 8.79. The van der Waals surface area contributed by atoms with Crippen LogP contribution in [0.4, 0.5) is 5.69 Å². The summed E-state index contributed by atoms with van der Waals surface area (Å²) in [7, 11) is 0. The van der Waals surface area contributed by atoms with Crippen LogP contribution in [0.15, 0.2) is 12.1 Å². The lowest BCUT2D eigenvalue weighted by Gasteiger charge is -2.21. The summed E-state index contributed by atoms with van der Waals surface area (Å²) in [4.78, 5) is 2.34. The van der Waals surface area contributed by atoms with Crippen LogP contribution < -0.4 is 10.6 Å². The summed E-state index contributed by atoms with van der Waals surface area (Å²) in [5.74, 6) is 0. The van der Waals surface area contributed by atoms with E-state index in [9.17, 15) is 5.26 Å². The number of fused-ring (bicyclic) bond motifs is 1. The Kier molecular flexibility index (Phi) is 6.88. The molecule has 0 spiro atoms. The van der Waals surface area contributed by atoms with Gasteiger partial charge in [0, 0.05) is 32.3 Å². The van der Waals surface area contributed by atoms with E-state index in [2.05, 4.69) is 24.0 Å². The molecule has 0 saturated heterocycles. The molecular formula is C19H29N3O. The van der Waals surface area contributed by atoms with E-state index in [0.29, 0.717) is 0 Å². The molecule has 1 heterocycles. The van der Waals surface area contributed by atoms with E-state index in [1.807, 2.05) is 13.0 Å². The smallest absolute Gasteiger partial charge is 0.101 e. The topological polar surface area (TPSA) is 62.3 Å². The summed E-state index contributed by atoms with van der Waals surface area (Å²) in [6.45, 7) is 7.80. The average molecular weight is 315 g/mol. The van der Waals surface area contributed by atoms with Gasteiger partial charge in [0.25, 0.3) is 0 Å². The van der Waals surface area contributed by atoms with Crippen molar-refractivity contribution in [3.63, 3.8) is 0 Å². The van der Waals surface area contributed by atoms with Crippen molar-refractivity contribution in [1.29, 1.82) is 5.26 Å². The normalized spacial score (nSPS) is 14.6. The minimum atomic E-state index is 0.123. The Morgan fingerprint density at radius 2 is 2.13 bits per heavy atom. The molecule has 0 radical (unpaired) electrons. The molecule has 0 aliphatic carbocycles. The van der Waals surface area contributed by atoms with Crippen LogP contribution in [0.25, 0.3) is 0 Å². The summed E-state index contributed by atoms with van der Waals surface area (Å²) in [6, 6.07) is 6.74. The molecule has 0 aromatic heterocycles. The van der Waals surface area contributed by atoms with E-state index < -0.39 is 0 Å². The molecule has 1 aromatic carbocycles. The third-order valence-corrected chi connectivity index (χ3v) is 4.25. The molecule has 2 N–H and O–H groups in total. The number of hydrogen-bond acceptors (Lipinski definition) is 4. The molecule has 1 aromatic rings. The highest BCUT2D eigenvalue weighted by molar-refractivity contribution is 5.68. The number of benzene rings is 1. The van der Waals surface area contributed by atoms with Crippen LogP contribution in [-0.2, 0) is 17.6 Å². The van der Waals surface area contributed by atoms with Gasteiger partial charge >= 0.3 is 0 Å². The number of anilines is 1. The van der Waals surface area contributed by atoms with Crippen LogP contribution in [0.3, 0.4) is 0 Å². The van der Waals surface area contributed by atoms with Crippen molar-refractivity contribution in [2.24, 2.45) is 5.73 Å². The standard InChI is InChI=1S/C19H29N3O/c1-3-4-9-23-10-5-7-22-8-6-17-12-16(11-15(2)21)13-18(14-20)19(17)22/h12-13,15H,3-11,21H2,1-2H3/t15-/m1/s1. The van der Waals surface area contributed by atoms with Crippen molar-refractivity contribution in [2.75, 3.05) is 31.2 Å². The monoisotopic (exact) mass is 315 g/mol. The van der Waals surface area contributed by atoms with Gasteiger partial charge in [-0.25, -0.2) is 0 Å². The molecule has 1 aliphatic heterocycles. The van der Waals surface area contributed by atoms with Crippen LogP contribution in [-0.4, -0.2) is 32.3 Å². The first kappa shape index (κ1) is 17.8. The van der Waals surface area contributed by atoms with E-state index in [1.165, 1.54) is 17.5 Å². The van der Waals surface area contributed by atoms with Crippen molar-refractivity contribution in [3.8, 4) is 6.07 Å². The van der Waals surface area contributed by atoms with Crippen molar-refractivity contribution < 1.29 is 4.74 Å². The number of nitriles is 1. The lowest BCUT2D eigenvalue weighted by Crippen LogP contribution is -2.23. The van der Waals surface area contributed by atoms with E-state index in [4.69, 9.17) is 10.5 Å². The molecule has 0 saturated carbocycles. The lowest BCUT2D eigenvalue weighted by molar-refractivity contribution is 0.130. The second-order valence-electron chi connectivity index (χ2n) is 6.50. The first-order chi connectivity index (χ1) is 11.2. The fourth-order valence-corrected chi connectivity index (χ4v) is 3.20. The zero-order valence-electron chi connectivity index (χ0n) is 14.5. The molecule has 23 heavy (non-hydrogen) atoms. The first-order valence-corrected chi connectivity index (χ1v) is 8.79. The van der Waals surface area contributed by atoms with Gasteiger partial charge in [-0.15, -0.1) is 0 Å². The summed E-state index contributed by atoms with van der Waals surface area (Å²) in [5, 5.41) is 9.51. The molecule has 0 unspecified atom stereocenters. The molecule has 2 rings (SSSR count). The summed E-state index contributed by atoms with van der Waals surface area (Å²) in [6.07, 6.45) is 5.17. The zero-order valence-corrected chi connectivity index (χ0v) is 14.5. The van der Waals surface area contributed by atoms with Gasteiger partial charge in [-0.1, -0.05) is 19.4 Å². The third-order valence-electron chi connectivity index (χ3n) is 4.25. The maximum Gasteiger partial charge on any atom is 0.101 e. The predicted octanol–water partition coefficient (Wildman–Crippen LogP) is 3.02. The second-order valence-corrected chi connectivity index (χ2v) is 6.50. The minimum absolute atomic E-state index is 0.123. The average Bonchev–Trinajstić information content (AvgIpc) is 2.92. The Hall–Kier alpha value is -1.57. The number of nitrogens with zero attached hydrogens (tertiary/aromatic N) is 2. The Bertz CT molecular complexity index is 548. The van der Waals surface area contributed by atoms with Gasteiger partial charge < -0.3 is 15.4 Å². The SMILES string of the molecule is CCCCOCCCN1CCc2cc(C[C@@H](C)N)cc(C#N)c21. The number of nitrogens with two attached hydrogens (primary N) is 1. The maximum absolute atomic E-state index is 9.51. The molecule has 4 heteroatoms. The Morgan fingerprint density at radius 3 is 2.83 bits per heavy atom. The van der Waals surface area contributed by atoms with Gasteiger partial charge in [-0.3, -0.25) is 0 Å². The van der Waals surface area contributed by atoms with Gasteiger partial charge in [0.1, 0.15) is 6.07 Å². The predicted molar refractivity (Wildman–Crippen MR) is 94.8 cm³/mol. The summed E-state index contributed by atoms with van der Waals surface area (Å²) < 4.78 is 5.64. The van der Waals surface area contributed by atoms with Crippen LogP contribution in [0, 0.1) is 11.3 Å². The Labute approximate surface area is 140 Å². The number of rotatable bonds is 9. The van der Waals surface area contributed by atoms with Crippen molar-refractivity contribution in [1.82, 2.24) is 0 Å². The van der Waals surface area contributed by atoms with E-state index >= 15 is 0 Å². The van der Waals surface area contributed by atoms with E-state index in [-0.39, 0.29) is 6.04 Å². The highest BCUT2D eigenvalue weighted by atomic mass is 16.5. The largest absolute Gasteiger partial charge is 0.381 e. The molecule has 1 atom stereocenters. The number of ether oxygens (including phenoxy) is 1. The maximum atomic E-state index is 9.51. The van der Waals surface area contributed by atoms with Gasteiger partial charge in [-0.05, 0) is 49.8 Å². The Morgan fingerprint density at radius 1 is 1.35 bits per heavy atom. The van der Waals surface area contributed by atoms with Crippen LogP contribution >= 0.6 is 0 Å². The molecule has 0 bridgehead atoms. The quantitative estimate of drug-likeness (QED) is 0.712. The van der Waals surface area contributed by atoms with Gasteiger partial charge in [0.2, 0.25) is 0 Å². The molecule has 126 valence electrons. The lowest BCUT2D eigenvalue weighted by atomic mass is 9.99. The number of unbranched alkanes of at least 4 members (excludes halogenated alkanes) is 1.